The second-order valence-electron chi connectivity index (χ2n) is 11.1. The molecule has 2 aliphatic carbocycles. The number of phenols is 1. The van der Waals surface area contributed by atoms with E-state index < -0.39 is 64.7 Å². The molecule has 4 rings (SSSR count). The van der Waals surface area contributed by atoms with Gasteiger partial charge in [0.2, 0.25) is 0 Å². The number of anilines is 3. The zero-order valence-corrected chi connectivity index (χ0v) is 24.8. The highest BCUT2D eigenvalue weighted by Crippen LogP contribution is 2.48. The van der Waals surface area contributed by atoms with Crippen molar-refractivity contribution in [3.8, 4) is 11.5 Å². The lowest BCUT2D eigenvalue weighted by Gasteiger charge is -2.38. The molecule has 2 aromatic rings. The highest BCUT2D eigenvalue weighted by molar-refractivity contribution is 6.21. The SMILES string of the molecule is CC1=C(N=O)C2C(=O)C(C(N)=O)=C(O)CC2CC1Cc1c(N(C)C)cc(NC(=O)Nc2ccc(OC(F)(F)F)cc2)c(O)c1C=O. The van der Waals surface area contributed by atoms with Gasteiger partial charge in [0.05, 0.1) is 22.9 Å². The standard InChI is InChI=1S/C30H30F3N5O8/c1-13-14(8-15-10-22(40)24(28(34)43)27(42)23(15)25(13)37-45)9-18-19(12-39)26(41)20(11-21(18)38(2)3)36-29(44)35-16-4-6-17(7-5-16)46-30(31,32)33/h4-7,11-12,14-15,23,40-41H,8-10H2,1-3H3,(H2,34,43)(H2,35,36,44). The summed E-state index contributed by atoms with van der Waals surface area (Å²) in [7, 11) is 3.32. The number of fused-ring (bicyclic) bond motifs is 1. The molecule has 0 spiro atoms. The van der Waals surface area contributed by atoms with Gasteiger partial charge >= 0.3 is 12.4 Å². The van der Waals surface area contributed by atoms with E-state index in [9.17, 15) is 47.5 Å². The van der Waals surface area contributed by atoms with Crippen LogP contribution >= 0.6 is 0 Å². The van der Waals surface area contributed by atoms with Gasteiger partial charge in [-0.2, -0.15) is 0 Å². The molecule has 13 nitrogen and oxygen atoms in total. The third-order valence-electron chi connectivity index (χ3n) is 8.06. The van der Waals surface area contributed by atoms with Crippen LogP contribution in [-0.4, -0.2) is 54.7 Å². The minimum absolute atomic E-state index is 0.0867. The number of aldehydes is 1. The van der Waals surface area contributed by atoms with Crippen molar-refractivity contribution in [1.82, 2.24) is 0 Å². The van der Waals surface area contributed by atoms with E-state index in [1.807, 2.05) is 0 Å². The molecule has 0 radical (unpaired) electrons. The maximum Gasteiger partial charge on any atom is 0.573 e. The molecule has 16 heteroatoms. The van der Waals surface area contributed by atoms with Gasteiger partial charge in [-0.1, -0.05) is 0 Å². The van der Waals surface area contributed by atoms with Crippen LogP contribution in [-0.2, 0) is 16.0 Å². The molecule has 3 unspecified atom stereocenters. The Kier molecular flexibility index (Phi) is 9.39. The average Bonchev–Trinajstić information content (AvgIpc) is 2.95. The Balaban J connectivity index is 1.62. The largest absolute Gasteiger partial charge is 0.573 e. The summed E-state index contributed by atoms with van der Waals surface area (Å²) in [6.07, 6.45) is -4.23. The van der Waals surface area contributed by atoms with Crippen molar-refractivity contribution in [2.24, 2.45) is 28.7 Å². The molecule has 0 aromatic heterocycles. The number of nitrogens with one attached hydrogen (secondary N) is 2. The van der Waals surface area contributed by atoms with Gasteiger partial charge in [0, 0.05) is 31.9 Å². The number of carbonyl (C=O) groups excluding carboxylic acids is 4. The van der Waals surface area contributed by atoms with Gasteiger partial charge in [0.25, 0.3) is 5.91 Å². The first kappa shape index (κ1) is 33.5. The van der Waals surface area contributed by atoms with Crippen LogP contribution in [0.1, 0.15) is 35.7 Å². The molecule has 0 aliphatic heterocycles. The number of benzene rings is 2. The first-order valence-corrected chi connectivity index (χ1v) is 13.8. The summed E-state index contributed by atoms with van der Waals surface area (Å²) >= 11 is 0. The zero-order valence-electron chi connectivity index (χ0n) is 24.8. The number of Topliss-reactive ketones (excluding diaryl/α,β-unsaturated/α-hetero) is 1. The molecule has 6 N–H and O–H groups in total. The van der Waals surface area contributed by atoms with Gasteiger partial charge < -0.3 is 36.2 Å². The lowest BCUT2D eigenvalue weighted by molar-refractivity contribution is -0.274. The Labute approximate surface area is 259 Å². The van der Waals surface area contributed by atoms with Crippen LogP contribution in [0.5, 0.6) is 11.5 Å². The van der Waals surface area contributed by atoms with Gasteiger partial charge in [-0.3, -0.25) is 14.4 Å². The van der Waals surface area contributed by atoms with Gasteiger partial charge in [-0.25, -0.2) is 4.79 Å². The number of rotatable bonds is 9. The Bertz CT molecular complexity index is 1670. The number of primary amides is 1. The number of halogens is 3. The smallest absolute Gasteiger partial charge is 0.511 e. The van der Waals surface area contributed by atoms with Crippen molar-refractivity contribution >= 4 is 41.1 Å². The number of aromatic hydroxyl groups is 1. The Morgan fingerprint density at radius 1 is 1.17 bits per heavy atom. The van der Waals surface area contributed by atoms with Crippen LogP contribution in [0.3, 0.4) is 0 Å². The predicted molar refractivity (Wildman–Crippen MR) is 159 cm³/mol. The Morgan fingerprint density at radius 3 is 2.37 bits per heavy atom. The number of aliphatic hydroxyl groups is 1. The van der Waals surface area contributed by atoms with Crippen molar-refractivity contribution in [1.29, 1.82) is 0 Å². The molecule has 244 valence electrons. The van der Waals surface area contributed by atoms with E-state index in [4.69, 9.17) is 5.73 Å². The van der Waals surface area contributed by atoms with Crippen LogP contribution in [0.2, 0.25) is 0 Å². The number of hydrogen-bond donors (Lipinski definition) is 5. The van der Waals surface area contributed by atoms with E-state index in [1.165, 1.54) is 18.2 Å². The maximum atomic E-state index is 13.1. The number of carbonyl (C=O) groups is 4. The topological polar surface area (TPSA) is 201 Å². The third kappa shape index (κ3) is 6.79. The van der Waals surface area contributed by atoms with E-state index in [1.54, 1.807) is 25.9 Å². The van der Waals surface area contributed by atoms with Crippen LogP contribution in [0.4, 0.5) is 35.0 Å². The number of phenolic OH excluding ortho intramolecular Hbond substituents is 1. The van der Waals surface area contributed by atoms with E-state index in [-0.39, 0.29) is 41.9 Å². The molecule has 0 saturated heterocycles. The summed E-state index contributed by atoms with van der Waals surface area (Å²) in [6, 6.07) is 4.87. The first-order valence-electron chi connectivity index (χ1n) is 13.8. The minimum atomic E-state index is -4.89. The van der Waals surface area contributed by atoms with Gasteiger partial charge in [-0.05, 0) is 78.2 Å². The number of ketones is 1. The molecule has 0 heterocycles. The summed E-state index contributed by atoms with van der Waals surface area (Å²) in [5.41, 5.74) is 5.63. The van der Waals surface area contributed by atoms with Crippen molar-refractivity contribution in [2.75, 3.05) is 29.6 Å². The highest BCUT2D eigenvalue weighted by Gasteiger charge is 2.47. The summed E-state index contributed by atoms with van der Waals surface area (Å²) in [4.78, 5) is 63.5. The number of hydrogen-bond acceptors (Lipinski definition) is 10. The van der Waals surface area contributed by atoms with Crippen molar-refractivity contribution in [3.05, 3.63) is 69.0 Å². The van der Waals surface area contributed by atoms with E-state index in [2.05, 4.69) is 20.5 Å². The van der Waals surface area contributed by atoms with Crippen molar-refractivity contribution < 1.29 is 47.3 Å². The molecule has 46 heavy (non-hydrogen) atoms. The second kappa shape index (κ2) is 12.9. The normalized spacial score (nSPS) is 19.7. The average molecular weight is 646 g/mol. The van der Waals surface area contributed by atoms with E-state index in [0.717, 1.165) is 12.1 Å². The number of nitroso groups, excluding NO2 is 1. The number of urea groups is 1. The Hall–Kier alpha value is -5.41. The van der Waals surface area contributed by atoms with Crippen LogP contribution in [0.15, 0.2) is 58.1 Å². The van der Waals surface area contributed by atoms with Crippen molar-refractivity contribution in [2.45, 2.75) is 32.5 Å². The van der Waals surface area contributed by atoms with Crippen LogP contribution in [0.25, 0.3) is 0 Å². The lowest BCUT2D eigenvalue weighted by Crippen LogP contribution is -2.40. The number of alkyl halides is 3. The maximum absolute atomic E-state index is 13.1. The van der Waals surface area contributed by atoms with Crippen molar-refractivity contribution in [3.63, 3.8) is 0 Å². The molecule has 2 aromatic carbocycles. The van der Waals surface area contributed by atoms with Gasteiger partial charge in [-0.15, -0.1) is 18.1 Å². The highest BCUT2D eigenvalue weighted by atomic mass is 19.4. The molecule has 0 bridgehead atoms. The molecule has 3 amide bonds. The van der Waals surface area contributed by atoms with Gasteiger partial charge in [0.1, 0.15) is 22.8 Å². The van der Waals surface area contributed by atoms with Crippen LogP contribution in [0, 0.1) is 22.7 Å². The molecule has 3 atom stereocenters. The summed E-state index contributed by atoms with van der Waals surface area (Å²) < 4.78 is 41.1. The quantitative estimate of drug-likeness (QED) is 0.109. The fourth-order valence-corrected chi connectivity index (χ4v) is 6.00. The number of nitrogens with zero attached hydrogens (tertiary/aromatic N) is 2. The number of amides is 3. The molecule has 2 aliphatic rings. The second-order valence-corrected chi connectivity index (χ2v) is 11.1. The zero-order chi connectivity index (χ0) is 34.1. The number of aliphatic hydroxyl groups excluding tert-OH is 1. The molecule has 0 saturated carbocycles. The number of ether oxygens (including phenoxy) is 1. The number of allylic oxidation sites excluding steroid dienone is 3. The minimum Gasteiger partial charge on any atom is -0.511 e. The first-order chi connectivity index (χ1) is 21.6. The van der Waals surface area contributed by atoms with E-state index >= 15 is 0 Å². The fraction of sp³-hybridized carbons (Fsp3) is 0.333. The summed E-state index contributed by atoms with van der Waals surface area (Å²) in [5.74, 6) is -5.56. The molecular formula is C30H30F3N5O8. The fourth-order valence-electron chi connectivity index (χ4n) is 6.00. The van der Waals surface area contributed by atoms with E-state index in [0.29, 0.717) is 23.1 Å². The Morgan fingerprint density at radius 2 is 1.83 bits per heavy atom. The monoisotopic (exact) mass is 645 g/mol. The molecular weight excluding hydrogens is 615 g/mol. The number of nitrogens with two attached hydrogens (primary N) is 1. The summed E-state index contributed by atoms with van der Waals surface area (Å²) in [6.45, 7) is 1.60. The van der Waals surface area contributed by atoms with Gasteiger partial charge in [0.15, 0.2) is 12.1 Å². The lowest BCUT2D eigenvalue weighted by atomic mass is 9.65. The third-order valence-corrected chi connectivity index (χ3v) is 8.06. The summed E-state index contributed by atoms with van der Waals surface area (Å²) in [5, 5.41) is 29.4. The predicted octanol–water partition coefficient (Wildman–Crippen LogP) is 4.92. The van der Waals surface area contributed by atoms with Crippen LogP contribution < -0.4 is 26.0 Å². The molecule has 0 fully saturated rings.